The highest BCUT2D eigenvalue weighted by atomic mass is 35.5. The van der Waals surface area contributed by atoms with Gasteiger partial charge < -0.3 is 9.47 Å². The average Bonchev–Trinajstić information content (AvgIpc) is 2.47. The molecule has 2 rings (SSSR count). The number of methoxy groups -OCH3 is 1. The Balaban J connectivity index is 2.35. The normalized spacial score (nSPS) is 9.90. The SMILES string of the molecule is CCc1ccc(Oc2cc(C#N)cc(Cl)n2)c(OC)c1. The number of benzene rings is 1. The second-order valence-electron chi connectivity index (χ2n) is 4.07. The van der Waals surface area contributed by atoms with Gasteiger partial charge in [0.05, 0.1) is 18.7 Å². The number of nitrogens with zero attached hydrogens (tertiary/aromatic N) is 2. The van der Waals surface area contributed by atoms with Crippen molar-refractivity contribution in [2.75, 3.05) is 7.11 Å². The predicted octanol–water partition coefficient (Wildman–Crippen LogP) is 3.97. The number of pyridine rings is 1. The maximum atomic E-state index is 8.90. The average molecular weight is 289 g/mol. The Morgan fingerprint density at radius 2 is 2.05 bits per heavy atom. The number of hydrogen-bond acceptors (Lipinski definition) is 4. The maximum Gasteiger partial charge on any atom is 0.222 e. The summed E-state index contributed by atoms with van der Waals surface area (Å²) < 4.78 is 10.9. The lowest BCUT2D eigenvalue weighted by atomic mass is 10.1. The summed E-state index contributed by atoms with van der Waals surface area (Å²) in [5.74, 6) is 1.41. The van der Waals surface area contributed by atoms with Crippen LogP contribution in [0.5, 0.6) is 17.4 Å². The van der Waals surface area contributed by atoms with Crippen LogP contribution >= 0.6 is 11.6 Å². The molecule has 2 aromatic rings. The van der Waals surface area contributed by atoms with Crippen LogP contribution in [-0.4, -0.2) is 12.1 Å². The Morgan fingerprint density at radius 3 is 2.70 bits per heavy atom. The van der Waals surface area contributed by atoms with Crippen LogP contribution in [0.1, 0.15) is 18.1 Å². The van der Waals surface area contributed by atoms with Gasteiger partial charge in [0.1, 0.15) is 5.15 Å². The largest absolute Gasteiger partial charge is 0.493 e. The molecule has 0 atom stereocenters. The fraction of sp³-hybridized carbons (Fsp3) is 0.200. The first kappa shape index (κ1) is 14.2. The van der Waals surface area contributed by atoms with E-state index in [1.165, 1.54) is 12.1 Å². The van der Waals surface area contributed by atoms with Crippen molar-refractivity contribution in [2.45, 2.75) is 13.3 Å². The van der Waals surface area contributed by atoms with Gasteiger partial charge in [-0.2, -0.15) is 5.26 Å². The van der Waals surface area contributed by atoms with E-state index < -0.39 is 0 Å². The number of aryl methyl sites for hydroxylation is 1. The lowest BCUT2D eigenvalue weighted by Gasteiger charge is -2.11. The van der Waals surface area contributed by atoms with Crippen molar-refractivity contribution in [1.82, 2.24) is 4.98 Å². The molecule has 0 saturated carbocycles. The molecule has 1 aromatic heterocycles. The third-order valence-electron chi connectivity index (χ3n) is 2.75. The third-order valence-corrected chi connectivity index (χ3v) is 2.94. The summed E-state index contributed by atoms with van der Waals surface area (Å²) in [6, 6.07) is 10.7. The minimum absolute atomic E-state index is 0.211. The van der Waals surface area contributed by atoms with Crippen LogP contribution in [-0.2, 0) is 6.42 Å². The minimum Gasteiger partial charge on any atom is -0.493 e. The highest BCUT2D eigenvalue weighted by Gasteiger charge is 2.09. The van der Waals surface area contributed by atoms with Gasteiger partial charge in [0.15, 0.2) is 11.5 Å². The van der Waals surface area contributed by atoms with Gasteiger partial charge in [-0.25, -0.2) is 4.98 Å². The van der Waals surface area contributed by atoms with Gasteiger partial charge in [-0.1, -0.05) is 24.6 Å². The van der Waals surface area contributed by atoms with E-state index in [0.29, 0.717) is 17.1 Å². The molecule has 0 unspecified atom stereocenters. The van der Waals surface area contributed by atoms with E-state index in [0.717, 1.165) is 12.0 Å². The molecule has 0 spiro atoms. The number of rotatable bonds is 4. The van der Waals surface area contributed by atoms with Crippen molar-refractivity contribution in [2.24, 2.45) is 0 Å². The standard InChI is InChI=1S/C15H13ClN2O2/c1-3-10-4-5-12(13(6-10)19-2)20-15-8-11(9-17)7-14(16)18-15/h4-8H,3H2,1-2H3. The van der Waals surface area contributed by atoms with Crippen molar-refractivity contribution in [3.8, 4) is 23.4 Å². The second kappa shape index (κ2) is 6.27. The van der Waals surface area contributed by atoms with E-state index >= 15 is 0 Å². The highest BCUT2D eigenvalue weighted by Crippen LogP contribution is 2.32. The van der Waals surface area contributed by atoms with Crippen molar-refractivity contribution in [1.29, 1.82) is 5.26 Å². The molecular formula is C15H13ClN2O2. The van der Waals surface area contributed by atoms with Crippen molar-refractivity contribution >= 4 is 11.6 Å². The lowest BCUT2D eigenvalue weighted by molar-refractivity contribution is 0.373. The summed E-state index contributed by atoms with van der Waals surface area (Å²) in [5, 5.41) is 9.12. The van der Waals surface area contributed by atoms with Crippen molar-refractivity contribution < 1.29 is 9.47 Å². The van der Waals surface area contributed by atoms with Crippen LogP contribution in [0.3, 0.4) is 0 Å². The van der Waals surface area contributed by atoms with E-state index in [-0.39, 0.29) is 11.0 Å². The summed E-state index contributed by atoms with van der Waals surface area (Å²) in [6.07, 6.45) is 0.907. The Labute approximate surface area is 122 Å². The summed E-state index contributed by atoms with van der Waals surface area (Å²) in [5.41, 5.74) is 1.54. The first-order valence-corrected chi connectivity index (χ1v) is 6.46. The van der Waals surface area contributed by atoms with Gasteiger partial charge in [0, 0.05) is 6.07 Å². The van der Waals surface area contributed by atoms with E-state index in [4.69, 9.17) is 26.3 Å². The number of hydrogen-bond donors (Lipinski definition) is 0. The zero-order valence-corrected chi connectivity index (χ0v) is 11.9. The lowest BCUT2D eigenvalue weighted by Crippen LogP contribution is -1.94. The quantitative estimate of drug-likeness (QED) is 0.799. The molecule has 102 valence electrons. The fourth-order valence-corrected chi connectivity index (χ4v) is 1.92. The molecule has 0 fully saturated rings. The van der Waals surface area contributed by atoms with Gasteiger partial charge in [-0.3, -0.25) is 0 Å². The summed E-state index contributed by atoms with van der Waals surface area (Å²) >= 11 is 5.84. The van der Waals surface area contributed by atoms with Crippen LogP contribution in [0.25, 0.3) is 0 Å². The molecular weight excluding hydrogens is 276 g/mol. The zero-order valence-electron chi connectivity index (χ0n) is 11.2. The molecule has 4 nitrogen and oxygen atoms in total. The van der Waals surface area contributed by atoms with Crippen LogP contribution in [0.4, 0.5) is 0 Å². The molecule has 0 aliphatic rings. The molecule has 0 saturated heterocycles. The Bertz CT molecular complexity index is 665. The smallest absolute Gasteiger partial charge is 0.222 e. The van der Waals surface area contributed by atoms with Gasteiger partial charge in [0.2, 0.25) is 5.88 Å². The number of aromatic nitrogens is 1. The molecule has 5 heteroatoms. The van der Waals surface area contributed by atoms with Gasteiger partial charge in [-0.05, 0) is 30.2 Å². The second-order valence-corrected chi connectivity index (χ2v) is 4.46. The summed E-state index contributed by atoms with van der Waals surface area (Å²) in [7, 11) is 1.58. The maximum absolute atomic E-state index is 8.90. The van der Waals surface area contributed by atoms with E-state index in [2.05, 4.69) is 11.9 Å². The monoisotopic (exact) mass is 288 g/mol. The van der Waals surface area contributed by atoms with Crippen LogP contribution in [0, 0.1) is 11.3 Å². The van der Waals surface area contributed by atoms with Crippen LogP contribution < -0.4 is 9.47 Å². The molecule has 0 aliphatic carbocycles. The summed E-state index contributed by atoms with van der Waals surface area (Å²) in [4.78, 5) is 4.03. The van der Waals surface area contributed by atoms with E-state index in [1.54, 1.807) is 7.11 Å². The molecule has 0 bridgehead atoms. The molecule has 1 heterocycles. The zero-order chi connectivity index (χ0) is 14.5. The van der Waals surface area contributed by atoms with Gasteiger partial charge in [-0.15, -0.1) is 0 Å². The van der Waals surface area contributed by atoms with Gasteiger partial charge in [0.25, 0.3) is 0 Å². The van der Waals surface area contributed by atoms with Crippen LogP contribution in [0.15, 0.2) is 30.3 Å². The fourth-order valence-electron chi connectivity index (χ4n) is 1.72. The molecule has 0 amide bonds. The van der Waals surface area contributed by atoms with Gasteiger partial charge >= 0.3 is 0 Å². The topological polar surface area (TPSA) is 55.1 Å². The molecule has 20 heavy (non-hydrogen) atoms. The number of nitriles is 1. The highest BCUT2D eigenvalue weighted by molar-refractivity contribution is 6.29. The number of halogens is 1. The molecule has 0 N–H and O–H groups in total. The van der Waals surface area contributed by atoms with E-state index in [9.17, 15) is 0 Å². The minimum atomic E-state index is 0.211. The molecule has 0 radical (unpaired) electrons. The third kappa shape index (κ3) is 3.19. The Hall–Kier alpha value is -2.25. The first-order chi connectivity index (χ1) is 9.66. The predicted molar refractivity (Wildman–Crippen MR) is 76.4 cm³/mol. The number of ether oxygens (including phenoxy) is 2. The Kier molecular flexibility index (Phi) is 4.44. The molecule has 1 aromatic carbocycles. The van der Waals surface area contributed by atoms with E-state index in [1.807, 2.05) is 24.3 Å². The first-order valence-electron chi connectivity index (χ1n) is 6.08. The van der Waals surface area contributed by atoms with Crippen LogP contribution in [0.2, 0.25) is 5.15 Å². The van der Waals surface area contributed by atoms with Crippen molar-refractivity contribution in [3.63, 3.8) is 0 Å². The molecule has 0 aliphatic heterocycles. The van der Waals surface area contributed by atoms with Crippen molar-refractivity contribution in [3.05, 3.63) is 46.6 Å². The Morgan fingerprint density at radius 1 is 1.25 bits per heavy atom. The summed E-state index contributed by atoms with van der Waals surface area (Å²) in [6.45, 7) is 2.06.